The van der Waals surface area contributed by atoms with Crippen LogP contribution in [0.1, 0.15) is 46.5 Å². The first kappa shape index (κ1) is 18.8. The van der Waals surface area contributed by atoms with E-state index in [0.29, 0.717) is 45.3 Å². The summed E-state index contributed by atoms with van der Waals surface area (Å²) in [6.45, 7) is 6.95. The number of nitrogens with one attached hydrogen (secondary N) is 1. The van der Waals surface area contributed by atoms with Gasteiger partial charge in [0.25, 0.3) is 0 Å². The number of nitrogens with zero attached hydrogens (tertiary/aromatic N) is 3. The number of hydroxylamine groups is 2. The van der Waals surface area contributed by atoms with E-state index in [-0.39, 0.29) is 24.1 Å². The zero-order chi connectivity index (χ0) is 19.1. The number of piperidine rings is 2. The number of carbonyl (C=O) groups is 3. The number of fused-ring (bicyclic) bond motifs is 2. The molecule has 9 heteroatoms. The molecule has 3 heterocycles. The van der Waals surface area contributed by atoms with Gasteiger partial charge in [-0.2, -0.15) is 0 Å². The monoisotopic (exact) mass is 368 g/mol. The number of likely N-dealkylation sites (tertiary alicyclic amines) is 1. The van der Waals surface area contributed by atoms with Crippen LogP contribution in [0, 0.1) is 0 Å². The van der Waals surface area contributed by atoms with E-state index in [2.05, 4.69) is 5.32 Å². The standard InChI is InChI=1S/C17H28N4O5/c1-17(2,3)26-16(24)19-8-6-11(7-9-19)18-14(22)13-5-4-12-10-20(13)15(23)21(12)25/h11-13,25H,4-10H2,1-3H3,(H,18,22)/t12-,13-/m1/s1. The zero-order valence-electron chi connectivity index (χ0n) is 15.6. The number of hydrogen-bond acceptors (Lipinski definition) is 5. The third kappa shape index (κ3) is 3.87. The van der Waals surface area contributed by atoms with Crippen molar-refractivity contribution < 1.29 is 24.3 Å². The summed E-state index contributed by atoms with van der Waals surface area (Å²) in [7, 11) is 0. The Hall–Kier alpha value is -2.03. The van der Waals surface area contributed by atoms with E-state index >= 15 is 0 Å². The first-order chi connectivity index (χ1) is 12.2. The van der Waals surface area contributed by atoms with E-state index in [0.717, 1.165) is 5.06 Å². The fourth-order valence-electron chi connectivity index (χ4n) is 3.75. The molecular weight excluding hydrogens is 340 g/mol. The van der Waals surface area contributed by atoms with Gasteiger partial charge in [0, 0.05) is 25.7 Å². The Labute approximate surface area is 153 Å². The van der Waals surface area contributed by atoms with Crippen molar-refractivity contribution in [3.63, 3.8) is 0 Å². The smallest absolute Gasteiger partial charge is 0.410 e. The van der Waals surface area contributed by atoms with Crippen LogP contribution in [0.2, 0.25) is 0 Å². The van der Waals surface area contributed by atoms with Gasteiger partial charge in [-0.1, -0.05) is 0 Å². The molecule has 3 rings (SSSR count). The van der Waals surface area contributed by atoms with Crippen LogP contribution in [0.3, 0.4) is 0 Å². The second-order valence-corrected chi connectivity index (χ2v) is 8.28. The molecule has 3 aliphatic heterocycles. The van der Waals surface area contributed by atoms with Crippen LogP contribution < -0.4 is 5.32 Å². The minimum atomic E-state index is -0.528. The molecule has 3 fully saturated rings. The van der Waals surface area contributed by atoms with Crippen LogP contribution in [-0.4, -0.2) is 81.5 Å². The molecule has 2 N–H and O–H groups in total. The number of amides is 4. The van der Waals surface area contributed by atoms with Gasteiger partial charge in [-0.05, 0) is 46.5 Å². The lowest BCUT2D eigenvalue weighted by Crippen LogP contribution is -2.54. The summed E-state index contributed by atoms with van der Waals surface area (Å²) in [6, 6.07) is -1.25. The molecule has 2 bridgehead atoms. The first-order valence-electron chi connectivity index (χ1n) is 9.23. The summed E-state index contributed by atoms with van der Waals surface area (Å²) in [5.74, 6) is -0.178. The topological polar surface area (TPSA) is 102 Å². The normalized spacial score (nSPS) is 26.9. The van der Waals surface area contributed by atoms with Crippen molar-refractivity contribution in [3.05, 3.63) is 0 Å². The highest BCUT2D eigenvalue weighted by Gasteiger charge is 2.47. The third-order valence-corrected chi connectivity index (χ3v) is 5.14. The molecule has 9 nitrogen and oxygen atoms in total. The van der Waals surface area contributed by atoms with E-state index in [1.54, 1.807) is 4.90 Å². The quantitative estimate of drug-likeness (QED) is 0.712. The summed E-state index contributed by atoms with van der Waals surface area (Å²) >= 11 is 0. The Kier molecular flexibility index (Phi) is 5.01. The average molecular weight is 368 g/mol. The molecule has 0 aliphatic carbocycles. The van der Waals surface area contributed by atoms with E-state index < -0.39 is 17.7 Å². The molecule has 146 valence electrons. The van der Waals surface area contributed by atoms with Gasteiger partial charge in [0.1, 0.15) is 11.6 Å². The molecule has 26 heavy (non-hydrogen) atoms. The molecule has 2 atom stereocenters. The molecule has 3 aliphatic rings. The van der Waals surface area contributed by atoms with Crippen molar-refractivity contribution >= 4 is 18.0 Å². The highest BCUT2D eigenvalue weighted by molar-refractivity contribution is 5.88. The Balaban J connectivity index is 1.48. The Morgan fingerprint density at radius 2 is 1.81 bits per heavy atom. The molecular formula is C17H28N4O5. The summed E-state index contributed by atoms with van der Waals surface area (Å²) in [4.78, 5) is 39.8. The number of ether oxygens (including phenoxy) is 1. The predicted octanol–water partition coefficient (Wildman–Crippen LogP) is 1.16. The van der Waals surface area contributed by atoms with Crippen molar-refractivity contribution in [1.82, 2.24) is 20.2 Å². The van der Waals surface area contributed by atoms with Gasteiger partial charge < -0.3 is 19.9 Å². The summed E-state index contributed by atoms with van der Waals surface area (Å²) in [6.07, 6.45) is 2.15. The fourth-order valence-corrected chi connectivity index (χ4v) is 3.75. The summed E-state index contributed by atoms with van der Waals surface area (Å²) in [5, 5.41) is 13.5. The van der Waals surface area contributed by atoms with Crippen LogP contribution in [-0.2, 0) is 9.53 Å². The lowest BCUT2D eigenvalue weighted by molar-refractivity contribution is -0.127. The van der Waals surface area contributed by atoms with Gasteiger partial charge in [-0.15, -0.1) is 0 Å². The maximum Gasteiger partial charge on any atom is 0.410 e. The first-order valence-corrected chi connectivity index (χ1v) is 9.23. The lowest BCUT2D eigenvalue weighted by Gasteiger charge is -2.35. The number of urea groups is 1. The molecule has 0 radical (unpaired) electrons. The Morgan fingerprint density at radius 3 is 2.42 bits per heavy atom. The van der Waals surface area contributed by atoms with Crippen molar-refractivity contribution in [3.8, 4) is 0 Å². The molecule has 4 amide bonds. The molecule has 0 unspecified atom stereocenters. The van der Waals surface area contributed by atoms with Gasteiger partial charge in [0.15, 0.2) is 0 Å². The SMILES string of the molecule is CC(C)(C)OC(=O)N1CCC(NC(=O)[C@H]2CC[C@@H]3CN2C(=O)N3O)CC1. The van der Waals surface area contributed by atoms with Crippen molar-refractivity contribution in [2.75, 3.05) is 19.6 Å². The second kappa shape index (κ2) is 6.94. The predicted molar refractivity (Wildman–Crippen MR) is 91.5 cm³/mol. The largest absolute Gasteiger partial charge is 0.444 e. The second-order valence-electron chi connectivity index (χ2n) is 8.28. The molecule has 0 spiro atoms. The summed E-state index contributed by atoms with van der Waals surface area (Å²) in [5.41, 5.74) is -0.524. The van der Waals surface area contributed by atoms with Gasteiger partial charge in [-0.3, -0.25) is 10.0 Å². The maximum atomic E-state index is 12.6. The average Bonchev–Trinajstić information content (AvgIpc) is 2.78. The van der Waals surface area contributed by atoms with Crippen molar-refractivity contribution in [2.24, 2.45) is 0 Å². The minimum Gasteiger partial charge on any atom is -0.444 e. The van der Waals surface area contributed by atoms with Crippen LogP contribution in [0.4, 0.5) is 9.59 Å². The lowest BCUT2D eigenvalue weighted by atomic mass is 9.99. The molecule has 0 aromatic rings. The number of carbonyl (C=O) groups excluding carboxylic acids is 3. The van der Waals surface area contributed by atoms with E-state index in [9.17, 15) is 19.6 Å². The van der Waals surface area contributed by atoms with Gasteiger partial charge in [0.2, 0.25) is 5.91 Å². The molecule has 3 saturated heterocycles. The molecule has 0 saturated carbocycles. The highest BCUT2D eigenvalue weighted by atomic mass is 16.6. The Morgan fingerprint density at radius 1 is 1.15 bits per heavy atom. The van der Waals surface area contributed by atoms with E-state index in [4.69, 9.17) is 4.74 Å². The summed E-state index contributed by atoms with van der Waals surface area (Å²) < 4.78 is 5.37. The Bertz CT molecular complexity index is 582. The number of rotatable bonds is 2. The number of hydrogen-bond donors (Lipinski definition) is 2. The molecule has 0 aromatic carbocycles. The van der Waals surface area contributed by atoms with Crippen molar-refractivity contribution in [2.45, 2.75) is 70.2 Å². The third-order valence-electron chi connectivity index (χ3n) is 5.14. The van der Waals surface area contributed by atoms with Crippen molar-refractivity contribution in [1.29, 1.82) is 0 Å². The van der Waals surface area contributed by atoms with Gasteiger partial charge in [-0.25, -0.2) is 14.7 Å². The zero-order valence-corrected chi connectivity index (χ0v) is 15.6. The van der Waals surface area contributed by atoms with Crippen LogP contribution in [0.25, 0.3) is 0 Å². The fraction of sp³-hybridized carbons (Fsp3) is 0.824. The maximum absolute atomic E-state index is 12.6. The minimum absolute atomic E-state index is 0.0261. The molecule has 0 aromatic heterocycles. The van der Waals surface area contributed by atoms with Crippen LogP contribution in [0.15, 0.2) is 0 Å². The van der Waals surface area contributed by atoms with Gasteiger partial charge >= 0.3 is 12.1 Å². The van der Waals surface area contributed by atoms with Gasteiger partial charge in [0.05, 0.1) is 6.04 Å². The van der Waals surface area contributed by atoms with Crippen LogP contribution >= 0.6 is 0 Å². The van der Waals surface area contributed by atoms with E-state index in [1.807, 2.05) is 20.8 Å². The van der Waals surface area contributed by atoms with E-state index in [1.165, 1.54) is 4.90 Å². The highest BCUT2D eigenvalue weighted by Crippen LogP contribution is 2.28. The van der Waals surface area contributed by atoms with Crippen LogP contribution in [0.5, 0.6) is 0 Å².